The van der Waals surface area contributed by atoms with Crippen molar-refractivity contribution < 1.29 is 14.3 Å². The van der Waals surface area contributed by atoms with Gasteiger partial charge in [0.05, 0.1) is 42.5 Å². The number of imidazole rings is 1. The number of aromatic nitrogens is 3. The van der Waals surface area contributed by atoms with E-state index in [1.807, 2.05) is 26.8 Å². The van der Waals surface area contributed by atoms with Gasteiger partial charge in [-0.15, -0.1) is 0 Å². The number of carbonyl (C=O) groups is 1. The SMILES string of the molecule is CCOc1ncc(C)c2c1[C@H](c1ccc(C#N)cc1OC)C(C(=O)n1ccnc1)=C(C)N2. The standard InChI is InChI=1S/C24H23N5O3/c1-5-32-23-21-20(17-7-6-16(11-25)10-18(17)31-4)19(24(30)29-9-8-26-13-29)15(3)28-22(21)14(2)12-27-23/h6-10,12-13,20,28H,5H2,1-4H3/t20-/m1/s1. The number of nitrogens with one attached hydrogen (secondary N) is 1. The number of hydrogen-bond donors (Lipinski definition) is 1. The maximum atomic E-state index is 13.6. The highest BCUT2D eigenvalue weighted by Crippen LogP contribution is 2.49. The van der Waals surface area contributed by atoms with Crippen LogP contribution in [0, 0.1) is 18.3 Å². The molecule has 0 saturated heterocycles. The largest absolute Gasteiger partial charge is 0.496 e. The summed E-state index contributed by atoms with van der Waals surface area (Å²) >= 11 is 0. The Labute approximate surface area is 186 Å². The van der Waals surface area contributed by atoms with Crippen molar-refractivity contribution in [3.8, 4) is 17.7 Å². The molecule has 8 nitrogen and oxygen atoms in total. The van der Waals surface area contributed by atoms with Crippen LogP contribution in [-0.4, -0.2) is 34.2 Å². The Morgan fingerprint density at radius 2 is 2.16 bits per heavy atom. The van der Waals surface area contributed by atoms with E-state index in [0.717, 1.165) is 22.4 Å². The number of pyridine rings is 1. The number of ether oxygens (including phenoxy) is 2. The first-order valence-corrected chi connectivity index (χ1v) is 10.2. The van der Waals surface area contributed by atoms with Crippen molar-refractivity contribution in [3.63, 3.8) is 0 Å². The fourth-order valence-electron chi connectivity index (χ4n) is 4.04. The Hall–Kier alpha value is -4.12. The predicted octanol–water partition coefficient (Wildman–Crippen LogP) is 4.04. The second-order valence-electron chi connectivity index (χ2n) is 7.41. The van der Waals surface area contributed by atoms with Crippen LogP contribution in [0.25, 0.3) is 0 Å². The van der Waals surface area contributed by atoms with E-state index < -0.39 is 5.92 Å². The summed E-state index contributed by atoms with van der Waals surface area (Å²) in [6.07, 6.45) is 6.40. The lowest BCUT2D eigenvalue weighted by molar-refractivity contribution is 0.0948. The van der Waals surface area contributed by atoms with E-state index in [9.17, 15) is 10.1 Å². The number of nitrogens with zero attached hydrogens (tertiary/aromatic N) is 4. The van der Waals surface area contributed by atoms with E-state index in [-0.39, 0.29) is 5.91 Å². The first kappa shape index (κ1) is 21.1. The van der Waals surface area contributed by atoms with Crippen LogP contribution in [0.5, 0.6) is 11.6 Å². The highest BCUT2D eigenvalue weighted by atomic mass is 16.5. The number of hydrogen-bond acceptors (Lipinski definition) is 7. The molecule has 1 aromatic carbocycles. The van der Waals surface area contributed by atoms with E-state index in [1.165, 1.54) is 10.9 Å². The molecule has 0 radical (unpaired) electrons. The van der Waals surface area contributed by atoms with Crippen molar-refractivity contribution in [1.82, 2.24) is 14.5 Å². The van der Waals surface area contributed by atoms with E-state index in [4.69, 9.17) is 9.47 Å². The molecule has 3 heterocycles. The molecule has 0 aliphatic carbocycles. The molecule has 1 aliphatic rings. The van der Waals surface area contributed by atoms with E-state index in [1.54, 1.807) is 37.8 Å². The first-order valence-electron chi connectivity index (χ1n) is 10.2. The van der Waals surface area contributed by atoms with Gasteiger partial charge in [0.15, 0.2) is 0 Å². The van der Waals surface area contributed by atoms with Crippen LogP contribution in [0.4, 0.5) is 5.69 Å². The summed E-state index contributed by atoms with van der Waals surface area (Å²) in [5, 5.41) is 12.7. The van der Waals surface area contributed by atoms with Crippen molar-refractivity contribution in [2.75, 3.05) is 19.0 Å². The molecular formula is C24H23N5O3. The highest BCUT2D eigenvalue weighted by Gasteiger charge is 2.38. The molecule has 0 saturated carbocycles. The smallest absolute Gasteiger partial charge is 0.261 e. The minimum Gasteiger partial charge on any atom is -0.496 e. The number of allylic oxidation sites excluding steroid dienone is 2. The van der Waals surface area contributed by atoms with Gasteiger partial charge in [0.25, 0.3) is 5.91 Å². The number of methoxy groups -OCH3 is 1. The van der Waals surface area contributed by atoms with Crippen LogP contribution in [0.15, 0.2) is 54.4 Å². The van der Waals surface area contributed by atoms with Gasteiger partial charge in [0.2, 0.25) is 5.88 Å². The number of benzene rings is 1. The van der Waals surface area contributed by atoms with Crippen molar-refractivity contribution in [1.29, 1.82) is 5.26 Å². The zero-order valence-corrected chi connectivity index (χ0v) is 18.3. The lowest BCUT2D eigenvalue weighted by atomic mass is 9.79. The number of carbonyl (C=O) groups excluding carboxylic acids is 1. The van der Waals surface area contributed by atoms with E-state index in [2.05, 4.69) is 21.4 Å². The summed E-state index contributed by atoms with van der Waals surface area (Å²) in [5.74, 6) is 0.200. The molecule has 162 valence electrons. The van der Waals surface area contributed by atoms with Crippen molar-refractivity contribution in [2.24, 2.45) is 0 Å². The number of nitriles is 1. The molecule has 2 aromatic heterocycles. The van der Waals surface area contributed by atoms with Crippen LogP contribution < -0.4 is 14.8 Å². The van der Waals surface area contributed by atoms with Gasteiger partial charge >= 0.3 is 0 Å². The van der Waals surface area contributed by atoms with Gasteiger partial charge in [-0.05, 0) is 38.5 Å². The van der Waals surface area contributed by atoms with Crippen LogP contribution in [-0.2, 0) is 0 Å². The molecule has 8 heteroatoms. The lowest BCUT2D eigenvalue weighted by Gasteiger charge is -2.33. The summed E-state index contributed by atoms with van der Waals surface area (Å²) in [7, 11) is 1.55. The summed E-state index contributed by atoms with van der Waals surface area (Å²) in [5.41, 5.74) is 4.97. The third-order valence-corrected chi connectivity index (χ3v) is 5.49. The van der Waals surface area contributed by atoms with Crippen LogP contribution in [0.3, 0.4) is 0 Å². The minimum absolute atomic E-state index is 0.224. The zero-order valence-electron chi connectivity index (χ0n) is 18.3. The van der Waals surface area contributed by atoms with Crippen LogP contribution in [0.2, 0.25) is 0 Å². The maximum absolute atomic E-state index is 13.6. The van der Waals surface area contributed by atoms with E-state index in [0.29, 0.717) is 35.1 Å². The monoisotopic (exact) mass is 429 g/mol. The van der Waals surface area contributed by atoms with Gasteiger partial charge < -0.3 is 14.8 Å². The van der Waals surface area contributed by atoms with Crippen molar-refractivity contribution >= 4 is 11.6 Å². The molecule has 0 amide bonds. The second kappa shape index (κ2) is 8.55. The maximum Gasteiger partial charge on any atom is 0.261 e. The molecular weight excluding hydrogens is 406 g/mol. The molecule has 0 spiro atoms. The Kier molecular flexibility index (Phi) is 5.65. The Bertz CT molecular complexity index is 1260. The van der Waals surface area contributed by atoms with Gasteiger partial charge in [-0.2, -0.15) is 5.26 Å². The van der Waals surface area contributed by atoms with Crippen LogP contribution in [0.1, 0.15) is 46.8 Å². The van der Waals surface area contributed by atoms with Gasteiger partial charge in [0, 0.05) is 35.4 Å². The molecule has 0 unspecified atom stereocenters. The number of rotatable bonds is 5. The summed E-state index contributed by atoms with van der Waals surface area (Å²) in [6.45, 7) is 6.14. The van der Waals surface area contributed by atoms with Crippen molar-refractivity contribution in [3.05, 3.63) is 76.6 Å². The van der Waals surface area contributed by atoms with E-state index >= 15 is 0 Å². The van der Waals surface area contributed by atoms with Gasteiger partial charge in [-0.1, -0.05) is 6.07 Å². The van der Waals surface area contributed by atoms with Gasteiger partial charge in [0.1, 0.15) is 12.1 Å². The first-order chi connectivity index (χ1) is 15.5. The molecule has 0 fully saturated rings. The third kappa shape index (κ3) is 3.48. The van der Waals surface area contributed by atoms with Crippen LogP contribution >= 0.6 is 0 Å². The average Bonchev–Trinajstić information content (AvgIpc) is 3.34. The quantitative estimate of drug-likeness (QED) is 0.653. The minimum atomic E-state index is -0.530. The fraction of sp³-hybridized carbons (Fsp3) is 0.250. The summed E-state index contributed by atoms with van der Waals surface area (Å²) in [6, 6.07) is 7.36. The third-order valence-electron chi connectivity index (χ3n) is 5.49. The molecule has 3 aromatic rings. The Balaban J connectivity index is 2.03. The summed E-state index contributed by atoms with van der Waals surface area (Å²) < 4.78 is 13.0. The number of fused-ring (bicyclic) bond motifs is 1. The molecule has 32 heavy (non-hydrogen) atoms. The second-order valence-corrected chi connectivity index (χ2v) is 7.41. The molecule has 1 aliphatic heterocycles. The number of anilines is 1. The van der Waals surface area contributed by atoms with Gasteiger partial charge in [-0.3, -0.25) is 9.36 Å². The Morgan fingerprint density at radius 1 is 1.34 bits per heavy atom. The average molecular weight is 429 g/mol. The van der Waals surface area contributed by atoms with Crippen molar-refractivity contribution in [2.45, 2.75) is 26.7 Å². The summed E-state index contributed by atoms with van der Waals surface area (Å²) in [4.78, 5) is 22.2. The van der Waals surface area contributed by atoms with Gasteiger partial charge in [-0.25, -0.2) is 9.97 Å². The predicted molar refractivity (Wildman–Crippen MR) is 119 cm³/mol. The lowest BCUT2D eigenvalue weighted by Crippen LogP contribution is -2.27. The topological polar surface area (TPSA) is 102 Å². The Morgan fingerprint density at radius 3 is 2.81 bits per heavy atom. The molecule has 1 atom stereocenters. The zero-order chi connectivity index (χ0) is 22.8. The highest BCUT2D eigenvalue weighted by molar-refractivity contribution is 6.00. The molecule has 1 N–H and O–H groups in total. The number of aryl methyl sites for hydroxylation is 1. The molecule has 4 rings (SSSR count). The molecule has 0 bridgehead atoms. The fourth-order valence-corrected chi connectivity index (χ4v) is 4.04. The normalized spacial score (nSPS) is 14.9.